The van der Waals surface area contributed by atoms with E-state index in [2.05, 4.69) is 29.2 Å². The zero-order valence-electron chi connectivity index (χ0n) is 10.9. The van der Waals surface area contributed by atoms with Crippen molar-refractivity contribution in [2.45, 2.75) is 38.5 Å². The van der Waals surface area contributed by atoms with Gasteiger partial charge in [0.05, 0.1) is 0 Å². The largest absolute Gasteiger partial charge is 0.238 e. The molecule has 0 N–H and O–H groups in total. The Balaban J connectivity index is 1.76. The van der Waals surface area contributed by atoms with E-state index in [1.165, 1.54) is 29.7 Å². The number of nitrogens with zero attached hydrogens (tertiary/aromatic N) is 2. The van der Waals surface area contributed by atoms with E-state index in [9.17, 15) is 0 Å². The Morgan fingerprint density at radius 2 is 1.74 bits per heavy atom. The average molecular weight is 273 g/mol. The summed E-state index contributed by atoms with van der Waals surface area (Å²) in [6.45, 7) is 0. The van der Waals surface area contributed by atoms with Gasteiger partial charge >= 0.3 is 0 Å². The first-order chi connectivity index (χ1) is 9.33. The smallest absolute Gasteiger partial charge is 0.136 e. The fourth-order valence-electron chi connectivity index (χ4n) is 2.61. The van der Waals surface area contributed by atoms with Gasteiger partial charge in [-0.1, -0.05) is 41.9 Å². The van der Waals surface area contributed by atoms with Crippen molar-refractivity contribution < 1.29 is 0 Å². The number of hydrogen-bond donors (Lipinski definition) is 0. The van der Waals surface area contributed by atoms with Gasteiger partial charge in [0.25, 0.3) is 0 Å². The van der Waals surface area contributed by atoms with Gasteiger partial charge in [-0.05, 0) is 37.7 Å². The van der Waals surface area contributed by atoms with Gasteiger partial charge in [-0.15, -0.1) is 0 Å². The molecule has 0 saturated carbocycles. The molecular weight excluding hydrogens is 256 g/mol. The Hall–Kier alpha value is -1.41. The molecule has 1 heterocycles. The number of benzene rings is 1. The van der Waals surface area contributed by atoms with E-state index < -0.39 is 0 Å². The third-order valence-electron chi connectivity index (χ3n) is 3.66. The van der Waals surface area contributed by atoms with Crippen LogP contribution in [0.4, 0.5) is 0 Å². The van der Waals surface area contributed by atoms with E-state index >= 15 is 0 Å². The first-order valence-corrected chi connectivity index (χ1v) is 7.29. The molecule has 0 saturated heterocycles. The van der Waals surface area contributed by atoms with Crippen LogP contribution in [0, 0.1) is 0 Å². The summed E-state index contributed by atoms with van der Waals surface area (Å²) >= 11 is 6.28. The minimum absolute atomic E-state index is 0.674. The first-order valence-electron chi connectivity index (χ1n) is 6.91. The molecule has 1 aliphatic carbocycles. The molecule has 0 radical (unpaired) electrons. The zero-order valence-corrected chi connectivity index (χ0v) is 11.7. The summed E-state index contributed by atoms with van der Waals surface area (Å²) in [5.41, 5.74) is 3.67. The van der Waals surface area contributed by atoms with Crippen molar-refractivity contribution in [2.24, 2.45) is 0 Å². The molecular formula is C16H17ClN2. The Morgan fingerprint density at radius 3 is 2.58 bits per heavy atom. The summed E-state index contributed by atoms with van der Waals surface area (Å²) in [5.74, 6) is 0.884. The monoisotopic (exact) mass is 272 g/mol. The maximum absolute atomic E-state index is 6.28. The summed E-state index contributed by atoms with van der Waals surface area (Å²) in [5, 5.41) is 0.674. The molecule has 1 aromatic carbocycles. The van der Waals surface area contributed by atoms with E-state index in [1.807, 2.05) is 6.07 Å². The van der Waals surface area contributed by atoms with Crippen molar-refractivity contribution in [2.75, 3.05) is 0 Å². The van der Waals surface area contributed by atoms with Crippen molar-refractivity contribution in [3.05, 3.63) is 58.1 Å². The molecule has 0 unspecified atom stereocenters. The Labute approximate surface area is 118 Å². The topological polar surface area (TPSA) is 25.8 Å². The van der Waals surface area contributed by atoms with Gasteiger partial charge in [-0.3, -0.25) is 0 Å². The molecule has 98 valence electrons. The lowest BCUT2D eigenvalue weighted by Gasteiger charge is -2.16. The van der Waals surface area contributed by atoms with Crippen LogP contribution in [0.5, 0.6) is 0 Å². The van der Waals surface area contributed by atoms with E-state index in [0.29, 0.717) is 5.15 Å². The maximum atomic E-state index is 6.28. The number of hydrogen-bond acceptors (Lipinski definition) is 2. The van der Waals surface area contributed by atoms with Crippen LogP contribution in [0.2, 0.25) is 5.15 Å². The fraction of sp³-hybridized carbons (Fsp3) is 0.375. The second-order valence-corrected chi connectivity index (χ2v) is 5.41. The predicted molar refractivity (Wildman–Crippen MR) is 77.5 cm³/mol. The Morgan fingerprint density at radius 1 is 0.947 bits per heavy atom. The lowest BCUT2D eigenvalue weighted by Crippen LogP contribution is -2.11. The molecule has 0 fully saturated rings. The van der Waals surface area contributed by atoms with Gasteiger partial charge in [0.2, 0.25) is 0 Å². The molecule has 0 amide bonds. The molecule has 3 rings (SSSR count). The number of aryl methyl sites for hydroxylation is 3. The van der Waals surface area contributed by atoms with Crippen molar-refractivity contribution in [3.8, 4) is 0 Å². The van der Waals surface area contributed by atoms with Crippen LogP contribution < -0.4 is 0 Å². The summed E-state index contributed by atoms with van der Waals surface area (Å²) in [6.07, 6.45) is 6.34. The SMILES string of the molecule is Clc1nc(CCc2ccccc2)nc2c1CCCC2. The van der Waals surface area contributed by atoms with Gasteiger partial charge in [0, 0.05) is 17.7 Å². The zero-order chi connectivity index (χ0) is 13.1. The number of rotatable bonds is 3. The molecule has 0 atom stereocenters. The molecule has 3 heteroatoms. The van der Waals surface area contributed by atoms with Crippen LogP contribution in [0.1, 0.15) is 35.5 Å². The lowest BCUT2D eigenvalue weighted by atomic mass is 9.97. The van der Waals surface area contributed by atoms with Crippen LogP contribution in [0.25, 0.3) is 0 Å². The maximum Gasteiger partial charge on any atom is 0.136 e. The third-order valence-corrected chi connectivity index (χ3v) is 3.97. The van der Waals surface area contributed by atoms with E-state index in [-0.39, 0.29) is 0 Å². The molecule has 0 spiro atoms. The molecule has 0 bridgehead atoms. The first kappa shape index (κ1) is 12.6. The highest BCUT2D eigenvalue weighted by atomic mass is 35.5. The highest BCUT2D eigenvalue weighted by Gasteiger charge is 2.16. The van der Waals surface area contributed by atoms with Crippen LogP contribution in [-0.4, -0.2) is 9.97 Å². The molecule has 0 aliphatic heterocycles. The van der Waals surface area contributed by atoms with Gasteiger partial charge in [-0.25, -0.2) is 9.97 Å². The van der Waals surface area contributed by atoms with Crippen molar-refractivity contribution in [1.82, 2.24) is 9.97 Å². The molecule has 1 aliphatic rings. The van der Waals surface area contributed by atoms with Crippen LogP contribution in [0.15, 0.2) is 30.3 Å². The van der Waals surface area contributed by atoms with Gasteiger partial charge in [0.1, 0.15) is 11.0 Å². The molecule has 2 aromatic rings. The van der Waals surface area contributed by atoms with E-state index in [1.54, 1.807) is 0 Å². The molecule has 2 nitrogen and oxygen atoms in total. The van der Waals surface area contributed by atoms with Crippen molar-refractivity contribution >= 4 is 11.6 Å². The Kier molecular flexibility index (Phi) is 3.79. The van der Waals surface area contributed by atoms with E-state index in [0.717, 1.165) is 31.5 Å². The number of aromatic nitrogens is 2. The van der Waals surface area contributed by atoms with Crippen molar-refractivity contribution in [3.63, 3.8) is 0 Å². The quantitative estimate of drug-likeness (QED) is 0.795. The molecule has 19 heavy (non-hydrogen) atoms. The minimum atomic E-state index is 0.674. The standard InChI is InChI=1S/C16H17ClN2/c17-16-13-8-4-5-9-14(13)18-15(19-16)11-10-12-6-2-1-3-7-12/h1-3,6-7H,4-5,8-11H2. The second kappa shape index (κ2) is 5.70. The fourth-order valence-corrected chi connectivity index (χ4v) is 2.91. The summed E-state index contributed by atoms with van der Waals surface area (Å²) in [4.78, 5) is 9.15. The number of halogens is 1. The highest BCUT2D eigenvalue weighted by molar-refractivity contribution is 6.30. The predicted octanol–water partition coefficient (Wildman–Crippen LogP) is 3.79. The molecule has 1 aromatic heterocycles. The second-order valence-electron chi connectivity index (χ2n) is 5.05. The van der Waals surface area contributed by atoms with Crippen molar-refractivity contribution in [1.29, 1.82) is 0 Å². The van der Waals surface area contributed by atoms with Gasteiger partial charge in [0.15, 0.2) is 0 Å². The third kappa shape index (κ3) is 2.95. The summed E-state index contributed by atoms with van der Waals surface area (Å²) in [6, 6.07) is 10.4. The average Bonchev–Trinajstić information content (AvgIpc) is 2.46. The van der Waals surface area contributed by atoms with Crippen LogP contribution in [-0.2, 0) is 25.7 Å². The van der Waals surface area contributed by atoms with Crippen LogP contribution in [0.3, 0.4) is 0 Å². The number of fused-ring (bicyclic) bond motifs is 1. The van der Waals surface area contributed by atoms with E-state index in [4.69, 9.17) is 16.6 Å². The summed E-state index contributed by atoms with van der Waals surface area (Å²) < 4.78 is 0. The minimum Gasteiger partial charge on any atom is -0.238 e. The van der Waals surface area contributed by atoms with Gasteiger partial charge < -0.3 is 0 Å². The van der Waals surface area contributed by atoms with Crippen LogP contribution >= 0.6 is 11.6 Å². The normalized spacial score (nSPS) is 14.2. The highest BCUT2D eigenvalue weighted by Crippen LogP contribution is 2.25. The Bertz CT molecular complexity index is 566. The summed E-state index contributed by atoms with van der Waals surface area (Å²) in [7, 11) is 0. The lowest BCUT2D eigenvalue weighted by molar-refractivity contribution is 0.652. The van der Waals surface area contributed by atoms with Gasteiger partial charge in [-0.2, -0.15) is 0 Å².